The molecule has 2 saturated heterocycles. The third-order valence-corrected chi connectivity index (χ3v) is 16.8. The van der Waals surface area contributed by atoms with Crippen molar-refractivity contribution in [3.05, 3.63) is 154 Å². The molecule has 20 nitrogen and oxygen atoms in total. The molecule has 5 amide bonds. The number of halogens is 1. The average molecular weight is 1160 g/mol. The average Bonchev–Trinajstić information content (AvgIpc) is 2.52. The number of piperidine rings is 2. The molecule has 3 aromatic carbocycles. The number of rotatable bonds is 10. The number of aliphatic carboxylic acids is 1. The number of H-pyrrole nitrogens is 2. The number of hydrazone groups is 2. The van der Waals surface area contributed by atoms with E-state index in [1.165, 1.54) is 5.56 Å². The van der Waals surface area contributed by atoms with Crippen molar-refractivity contribution < 1.29 is 38.6 Å². The number of aromatic nitrogens is 4. The zero-order valence-corrected chi connectivity index (χ0v) is 47.6. The largest absolute Gasteiger partial charge is 0.481 e. The lowest BCUT2D eigenvalue weighted by atomic mass is 9.90. The first-order chi connectivity index (χ1) is 40.2. The standard InChI is InChI=1S/C29H32N6O4.C25H25N5O2.C9H9NO2.ClH/c1-29(2,3)39-28(38)35-9-6-16(7-10-35)25-22-15-31-34-27(37)21-11-18(12-23(33-25)24(21)22)32-26(36)20-13-19(20)17-5-4-8-30-14-17;31-24(18-12-17(18)14-4-2-1-3-5-14)28-16-10-19-22-20(13-27-30-25(19)32)23(29-21(22)11-16)15-6-8-26-9-7-15;11-9(12)8-4-7(8)6-2-1-3-10-5-6;/h4-5,8,11-12,14-16,19-20,33H,6-7,9-10,13H2,1-3H3,(H,32,36)(H,34,37);1-5,10-11,13,15,17-18,26,29H,6-9,12H2,(H,28,31)(H,30,32);1-3,5,7-8H,4H2,(H,11,12);1H. The minimum absolute atomic E-state index is 0. The van der Waals surface area contributed by atoms with E-state index in [9.17, 15) is 28.8 Å². The molecule has 0 spiro atoms. The van der Waals surface area contributed by atoms with E-state index < -0.39 is 11.6 Å². The van der Waals surface area contributed by atoms with Crippen LogP contribution in [0.1, 0.15) is 155 Å². The van der Waals surface area contributed by atoms with Crippen molar-refractivity contribution in [3.63, 3.8) is 0 Å². The van der Waals surface area contributed by atoms with Gasteiger partial charge in [-0.2, -0.15) is 10.2 Å². The van der Waals surface area contributed by atoms with Crippen molar-refractivity contribution in [2.45, 2.75) is 101 Å². The summed E-state index contributed by atoms with van der Waals surface area (Å²) in [4.78, 5) is 91.6. The first kappa shape index (κ1) is 57.1. The predicted octanol–water partition coefficient (Wildman–Crippen LogP) is 9.64. The summed E-state index contributed by atoms with van der Waals surface area (Å²) in [5, 5.41) is 28.1. The molecule has 3 aliphatic carbocycles. The lowest BCUT2D eigenvalue weighted by molar-refractivity contribution is -0.138. The van der Waals surface area contributed by atoms with E-state index in [2.05, 4.69) is 69.1 Å². The van der Waals surface area contributed by atoms with E-state index in [1.807, 2.05) is 81.6 Å². The molecule has 4 aliphatic heterocycles. The number of likely N-dealkylation sites (tertiary alicyclic amines) is 1. The van der Waals surface area contributed by atoms with E-state index in [-0.39, 0.29) is 83.6 Å². The molecule has 7 aromatic rings. The molecule has 6 atom stereocenters. The van der Waals surface area contributed by atoms with Gasteiger partial charge in [-0.25, -0.2) is 15.6 Å². The third kappa shape index (κ3) is 12.3. The smallest absolute Gasteiger partial charge is 0.410 e. The summed E-state index contributed by atoms with van der Waals surface area (Å²) in [6.07, 6.45) is 16.1. The Hall–Kier alpha value is -8.75. The van der Waals surface area contributed by atoms with Crippen molar-refractivity contribution in [1.29, 1.82) is 0 Å². The van der Waals surface area contributed by atoms with Crippen LogP contribution in [-0.2, 0) is 19.1 Å². The second-order valence-corrected chi connectivity index (χ2v) is 23.6. The van der Waals surface area contributed by atoms with Crippen LogP contribution in [0.5, 0.6) is 0 Å². The number of nitrogens with one attached hydrogen (secondary N) is 7. The number of benzene rings is 3. The number of hydrogen-bond acceptors (Lipinski definition) is 12. The van der Waals surface area contributed by atoms with Crippen LogP contribution in [-0.4, -0.2) is 110 Å². The van der Waals surface area contributed by atoms with Gasteiger partial charge in [-0.3, -0.25) is 33.9 Å². The minimum atomic E-state index is -0.691. The number of nitrogens with zero attached hydrogens (tertiary/aromatic N) is 5. The third-order valence-electron chi connectivity index (χ3n) is 16.8. The highest BCUT2D eigenvalue weighted by Crippen LogP contribution is 2.50. The van der Waals surface area contributed by atoms with Gasteiger partial charge in [-0.15, -0.1) is 12.4 Å². The molecule has 6 unspecified atom stereocenters. The summed E-state index contributed by atoms with van der Waals surface area (Å²) in [6.45, 7) is 8.71. The van der Waals surface area contributed by atoms with Crippen molar-refractivity contribution in [2.75, 3.05) is 36.8 Å². The molecule has 14 rings (SSSR count). The van der Waals surface area contributed by atoms with Crippen molar-refractivity contribution >= 4 is 93.7 Å². The Bertz CT molecular complexity index is 3720. The van der Waals surface area contributed by atoms with Crippen molar-refractivity contribution in [1.82, 2.24) is 41.0 Å². The van der Waals surface area contributed by atoms with Crippen molar-refractivity contribution in [2.24, 2.45) is 28.0 Å². The molecule has 21 heteroatoms. The number of carboxylic acid groups (broad SMARTS) is 1. The normalized spacial score (nSPS) is 22.1. The molecule has 84 heavy (non-hydrogen) atoms. The number of carbonyl (C=O) groups is 6. The van der Waals surface area contributed by atoms with Crippen LogP contribution in [0.3, 0.4) is 0 Å². The topological polar surface area (TPSA) is 277 Å². The van der Waals surface area contributed by atoms with Gasteiger partial charge >= 0.3 is 12.1 Å². The van der Waals surface area contributed by atoms with Gasteiger partial charge in [0.1, 0.15) is 5.60 Å². The Kier molecular flexibility index (Phi) is 16.2. The molecule has 5 fully saturated rings. The van der Waals surface area contributed by atoms with Gasteiger partial charge in [0.2, 0.25) is 11.8 Å². The van der Waals surface area contributed by atoms with E-state index >= 15 is 0 Å². The van der Waals surface area contributed by atoms with Gasteiger partial charge < -0.3 is 40.7 Å². The van der Waals surface area contributed by atoms with E-state index in [4.69, 9.17) is 9.84 Å². The first-order valence-corrected chi connectivity index (χ1v) is 28.6. The number of ether oxygens (including phenoxy) is 1. The highest BCUT2D eigenvalue weighted by atomic mass is 35.5. The monoisotopic (exact) mass is 1150 g/mol. The molecule has 8 heterocycles. The fourth-order valence-electron chi connectivity index (χ4n) is 12.3. The van der Waals surface area contributed by atoms with Crippen LogP contribution in [0.15, 0.2) is 114 Å². The summed E-state index contributed by atoms with van der Waals surface area (Å²) in [5.74, 6) is -0.484. The van der Waals surface area contributed by atoms with Crippen LogP contribution in [0.2, 0.25) is 0 Å². The number of carbonyl (C=O) groups excluding carboxylic acids is 5. The van der Waals surface area contributed by atoms with Crippen LogP contribution in [0, 0.1) is 17.8 Å². The zero-order chi connectivity index (χ0) is 57.5. The molecule has 7 aliphatic rings. The number of anilines is 2. The Morgan fingerprint density at radius 1 is 0.619 bits per heavy atom. The van der Waals surface area contributed by atoms with Crippen LogP contribution in [0.25, 0.3) is 21.8 Å². The molecular weight excluding hydrogens is 1090 g/mol. The predicted molar refractivity (Wildman–Crippen MR) is 321 cm³/mol. The van der Waals surface area contributed by atoms with Gasteiger partial charge in [0.15, 0.2) is 0 Å². The van der Waals surface area contributed by atoms with Gasteiger partial charge in [0.05, 0.1) is 29.5 Å². The maximum Gasteiger partial charge on any atom is 0.410 e. The second kappa shape index (κ2) is 23.8. The molecule has 3 saturated carbocycles. The van der Waals surface area contributed by atoms with Crippen LogP contribution in [0.4, 0.5) is 16.2 Å². The number of hydrogen-bond donors (Lipinski definition) is 8. The highest BCUT2D eigenvalue weighted by molar-refractivity contribution is 6.17. The molecule has 8 N–H and O–H groups in total. The van der Waals surface area contributed by atoms with Gasteiger partial charge in [-0.1, -0.05) is 42.5 Å². The zero-order valence-electron chi connectivity index (χ0n) is 46.8. The molecule has 434 valence electrons. The minimum Gasteiger partial charge on any atom is -0.481 e. The Labute approximate surface area is 490 Å². The van der Waals surface area contributed by atoms with Gasteiger partial charge in [0, 0.05) is 117 Å². The van der Waals surface area contributed by atoms with E-state index in [1.54, 1.807) is 48.1 Å². The Balaban J connectivity index is 0.000000146. The number of carboxylic acids is 1. The van der Waals surface area contributed by atoms with Gasteiger partial charge in [-0.05, 0) is 150 Å². The van der Waals surface area contributed by atoms with Crippen LogP contribution >= 0.6 is 12.4 Å². The highest BCUT2D eigenvalue weighted by Gasteiger charge is 2.46. The fraction of sp³-hybridized carbons (Fsp3) is 0.365. The van der Waals surface area contributed by atoms with Crippen molar-refractivity contribution in [3.8, 4) is 0 Å². The van der Waals surface area contributed by atoms with E-state index in [0.717, 1.165) is 113 Å². The summed E-state index contributed by atoms with van der Waals surface area (Å²) in [5.41, 5.74) is 15.7. The number of aromatic amines is 2. The summed E-state index contributed by atoms with van der Waals surface area (Å²) >= 11 is 0. The second-order valence-electron chi connectivity index (χ2n) is 23.6. The lowest BCUT2D eigenvalue weighted by Gasteiger charge is -2.33. The number of amides is 5. The number of pyridine rings is 2. The SMILES string of the molecule is CC(C)(C)OC(=O)N1CCC(c2[nH]c3cc(NC(=O)C4CC4c4cccnc4)cc4c3c2C=NNC4=O)CC1.Cl.O=C(O)C1CC1c1cccnc1.O=C1NN=Cc2c(C3CCNCC3)[nH]c3cc(NC(=O)C4CC4c4ccccc4)cc1c23. The summed E-state index contributed by atoms with van der Waals surface area (Å²) in [7, 11) is 0. The fourth-order valence-corrected chi connectivity index (χ4v) is 12.3. The summed E-state index contributed by atoms with van der Waals surface area (Å²) < 4.78 is 5.54. The Morgan fingerprint density at radius 2 is 1.08 bits per heavy atom. The van der Waals surface area contributed by atoms with Crippen LogP contribution < -0.4 is 26.8 Å². The summed E-state index contributed by atoms with van der Waals surface area (Å²) in [6, 6.07) is 25.1. The quantitative estimate of drug-likeness (QED) is 0.0638. The lowest BCUT2D eigenvalue weighted by Crippen LogP contribution is -2.41. The maximum absolute atomic E-state index is 13.0. The Morgan fingerprint density at radius 3 is 1.55 bits per heavy atom. The first-order valence-electron chi connectivity index (χ1n) is 28.6. The molecule has 0 bridgehead atoms. The van der Waals surface area contributed by atoms with E-state index in [0.29, 0.717) is 41.5 Å². The molecule has 4 aromatic heterocycles. The molecular formula is C63H67ClN12O8. The maximum atomic E-state index is 13.0. The molecule has 0 radical (unpaired) electrons. The van der Waals surface area contributed by atoms with Gasteiger partial charge in [0.25, 0.3) is 11.8 Å².